The summed E-state index contributed by atoms with van der Waals surface area (Å²) in [6.07, 6.45) is 0. The lowest BCUT2D eigenvalue weighted by Crippen LogP contribution is -2.35. The second-order valence-electron chi connectivity index (χ2n) is 3.62. The summed E-state index contributed by atoms with van der Waals surface area (Å²) in [6.45, 7) is 5.92. The van der Waals surface area contributed by atoms with Crippen LogP contribution in [0.1, 0.15) is 25.6 Å². The van der Waals surface area contributed by atoms with E-state index < -0.39 is 5.97 Å². The first-order valence-corrected chi connectivity index (χ1v) is 4.74. The van der Waals surface area contributed by atoms with Gasteiger partial charge in [0, 0.05) is 13.0 Å². The van der Waals surface area contributed by atoms with E-state index in [1.807, 2.05) is 13.8 Å². The molecule has 84 valence electrons. The second-order valence-corrected chi connectivity index (χ2v) is 3.62. The largest absolute Gasteiger partial charge is 0.480 e. The van der Waals surface area contributed by atoms with Gasteiger partial charge in [-0.3, -0.25) is 9.69 Å². The minimum absolute atomic E-state index is 0.0226. The number of rotatable bonds is 5. The van der Waals surface area contributed by atoms with Gasteiger partial charge in [0.05, 0.1) is 13.1 Å². The van der Waals surface area contributed by atoms with Crippen molar-refractivity contribution in [2.45, 2.75) is 33.4 Å². The Labute approximate surface area is 87.9 Å². The number of nitrogens with zero attached hydrogens (tertiary/aromatic N) is 3. The van der Waals surface area contributed by atoms with Crippen molar-refractivity contribution < 1.29 is 14.4 Å². The fourth-order valence-electron chi connectivity index (χ4n) is 1.18. The third-order valence-electron chi connectivity index (χ3n) is 1.98. The summed E-state index contributed by atoms with van der Waals surface area (Å²) in [7, 11) is 0. The Morgan fingerprint density at radius 1 is 1.60 bits per heavy atom. The molecule has 0 aliphatic heterocycles. The van der Waals surface area contributed by atoms with E-state index in [-0.39, 0.29) is 12.6 Å². The number of aromatic nitrogens is 2. The van der Waals surface area contributed by atoms with Crippen molar-refractivity contribution in [3.63, 3.8) is 0 Å². The van der Waals surface area contributed by atoms with Crippen molar-refractivity contribution in [3.05, 3.63) is 11.7 Å². The van der Waals surface area contributed by atoms with Gasteiger partial charge in [-0.15, -0.1) is 0 Å². The normalized spacial score (nSPS) is 11.3. The fraction of sp³-hybridized carbons (Fsp3) is 0.667. The summed E-state index contributed by atoms with van der Waals surface area (Å²) in [5.74, 6) is 0.149. The Kier molecular flexibility index (Phi) is 3.79. The molecule has 0 aliphatic carbocycles. The summed E-state index contributed by atoms with van der Waals surface area (Å²) in [4.78, 5) is 16.4. The Morgan fingerprint density at radius 3 is 2.67 bits per heavy atom. The van der Waals surface area contributed by atoms with Crippen LogP contribution in [-0.2, 0) is 11.3 Å². The average molecular weight is 213 g/mol. The Hall–Kier alpha value is -1.43. The van der Waals surface area contributed by atoms with Crippen molar-refractivity contribution in [2.75, 3.05) is 6.54 Å². The first-order valence-electron chi connectivity index (χ1n) is 4.74. The number of carboxylic acid groups (broad SMARTS) is 1. The van der Waals surface area contributed by atoms with E-state index >= 15 is 0 Å². The highest BCUT2D eigenvalue weighted by Gasteiger charge is 2.16. The molecular weight excluding hydrogens is 198 g/mol. The van der Waals surface area contributed by atoms with Crippen molar-refractivity contribution in [2.24, 2.45) is 0 Å². The van der Waals surface area contributed by atoms with E-state index in [1.54, 1.807) is 11.8 Å². The second kappa shape index (κ2) is 4.88. The molecule has 0 saturated heterocycles. The summed E-state index contributed by atoms with van der Waals surface area (Å²) < 4.78 is 4.81. The molecule has 0 saturated carbocycles. The number of carboxylic acids is 1. The van der Waals surface area contributed by atoms with E-state index in [0.29, 0.717) is 18.3 Å². The molecule has 0 aliphatic rings. The number of hydrogen-bond donors (Lipinski definition) is 1. The van der Waals surface area contributed by atoms with Gasteiger partial charge >= 0.3 is 5.97 Å². The van der Waals surface area contributed by atoms with Crippen molar-refractivity contribution >= 4 is 5.97 Å². The van der Waals surface area contributed by atoms with Gasteiger partial charge in [-0.25, -0.2) is 0 Å². The average Bonchev–Trinajstić information content (AvgIpc) is 2.49. The molecule has 0 aromatic carbocycles. The maximum absolute atomic E-state index is 10.6. The van der Waals surface area contributed by atoms with E-state index in [2.05, 4.69) is 10.1 Å². The van der Waals surface area contributed by atoms with Crippen LogP contribution < -0.4 is 0 Å². The molecule has 1 aromatic rings. The molecule has 0 fully saturated rings. The molecule has 1 heterocycles. The Morgan fingerprint density at radius 2 is 2.27 bits per heavy atom. The van der Waals surface area contributed by atoms with E-state index in [0.717, 1.165) is 0 Å². The zero-order chi connectivity index (χ0) is 11.4. The highest BCUT2D eigenvalue weighted by Crippen LogP contribution is 2.05. The SMILES string of the molecule is Cc1nc(CN(CC(=O)O)C(C)C)no1. The molecule has 15 heavy (non-hydrogen) atoms. The quantitative estimate of drug-likeness (QED) is 0.774. The van der Waals surface area contributed by atoms with Crippen molar-refractivity contribution in [1.29, 1.82) is 0 Å². The lowest BCUT2D eigenvalue weighted by Gasteiger charge is -2.22. The van der Waals surface area contributed by atoms with Crippen LogP contribution in [0.3, 0.4) is 0 Å². The first-order chi connectivity index (χ1) is 6.99. The van der Waals surface area contributed by atoms with Gasteiger partial charge in [-0.05, 0) is 13.8 Å². The van der Waals surface area contributed by atoms with Crippen LogP contribution in [0.5, 0.6) is 0 Å². The molecule has 0 spiro atoms. The smallest absolute Gasteiger partial charge is 0.317 e. The monoisotopic (exact) mass is 213 g/mol. The van der Waals surface area contributed by atoms with Gasteiger partial charge in [-0.2, -0.15) is 4.98 Å². The fourth-order valence-corrected chi connectivity index (χ4v) is 1.18. The topological polar surface area (TPSA) is 79.5 Å². The molecule has 0 bridgehead atoms. The van der Waals surface area contributed by atoms with Crippen LogP contribution in [-0.4, -0.2) is 38.7 Å². The molecule has 1 N–H and O–H groups in total. The molecule has 6 nitrogen and oxygen atoms in total. The number of carbonyl (C=O) groups is 1. The van der Waals surface area contributed by atoms with Gasteiger partial charge in [0.15, 0.2) is 5.82 Å². The summed E-state index contributed by atoms with van der Waals surface area (Å²) in [5.41, 5.74) is 0. The maximum Gasteiger partial charge on any atom is 0.317 e. The van der Waals surface area contributed by atoms with Gasteiger partial charge in [0.25, 0.3) is 0 Å². The molecule has 1 aromatic heterocycles. The zero-order valence-electron chi connectivity index (χ0n) is 9.10. The molecule has 0 atom stereocenters. The third-order valence-corrected chi connectivity index (χ3v) is 1.98. The van der Waals surface area contributed by atoms with Gasteiger partial charge in [-0.1, -0.05) is 5.16 Å². The Bertz CT molecular complexity index is 335. The van der Waals surface area contributed by atoms with Crippen LogP contribution in [0, 0.1) is 6.92 Å². The number of hydrogen-bond acceptors (Lipinski definition) is 5. The molecular formula is C9H15N3O3. The van der Waals surface area contributed by atoms with E-state index in [1.165, 1.54) is 0 Å². The van der Waals surface area contributed by atoms with Crippen molar-refractivity contribution in [1.82, 2.24) is 15.0 Å². The standard InChI is InChI=1S/C9H15N3O3/c1-6(2)12(5-9(13)14)4-8-10-7(3)15-11-8/h6H,4-5H2,1-3H3,(H,13,14). The lowest BCUT2D eigenvalue weighted by molar-refractivity contribution is -0.139. The predicted molar refractivity (Wildman–Crippen MR) is 52.2 cm³/mol. The Balaban J connectivity index is 2.62. The molecule has 0 unspecified atom stereocenters. The highest BCUT2D eigenvalue weighted by molar-refractivity contribution is 5.69. The van der Waals surface area contributed by atoms with Crippen LogP contribution in [0.15, 0.2) is 4.52 Å². The van der Waals surface area contributed by atoms with E-state index in [4.69, 9.17) is 9.63 Å². The van der Waals surface area contributed by atoms with Gasteiger partial charge in [0.2, 0.25) is 5.89 Å². The number of aryl methyl sites for hydroxylation is 1. The van der Waals surface area contributed by atoms with Crippen LogP contribution in [0.4, 0.5) is 0 Å². The minimum atomic E-state index is -0.857. The summed E-state index contributed by atoms with van der Waals surface area (Å²) >= 11 is 0. The third kappa shape index (κ3) is 3.67. The van der Waals surface area contributed by atoms with Crippen LogP contribution in [0.25, 0.3) is 0 Å². The molecule has 0 amide bonds. The molecule has 0 radical (unpaired) electrons. The van der Waals surface area contributed by atoms with Crippen LogP contribution >= 0.6 is 0 Å². The minimum Gasteiger partial charge on any atom is -0.480 e. The van der Waals surface area contributed by atoms with Crippen molar-refractivity contribution in [3.8, 4) is 0 Å². The molecule has 1 rings (SSSR count). The maximum atomic E-state index is 10.6. The van der Waals surface area contributed by atoms with E-state index in [9.17, 15) is 4.79 Å². The van der Waals surface area contributed by atoms with Crippen LogP contribution in [0.2, 0.25) is 0 Å². The van der Waals surface area contributed by atoms with Gasteiger partial charge < -0.3 is 9.63 Å². The lowest BCUT2D eigenvalue weighted by atomic mass is 10.3. The number of aliphatic carboxylic acids is 1. The summed E-state index contributed by atoms with van der Waals surface area (Å²) in [6, 6.07) is 0.125. The molecule has 6 heteroatoms. The zero-order valence-corrected chi connectivity index (χ0v) is 9.10. The predicted octanol–water partition coefficient (Wildman–Crippen LogP) is 0.673. The highest BCUT2D eigenvalue weighted by atomic mass is 16.5. The summed E-state index contributed by atoms with van der Waals surface area (Å²) in [5, 5.41) is 12.4. The van der Waals surface area contributed by atoms with Gasteiger partial charge in [0.1, 0.15) is 0 Å². The first kappa shape index (κ1) is 11.6.